The zero-order valence-electron chi connectivity index (χ0n) is 15.5. The fourth-order valence-electron chi connectivity index (χ4n) is 3.31. The van der Waals surface area contributed by atoms with E-state index in [0.717, 1.165) is 28.4 Å². The van der Waals surface area contributed by atoms with Gasteiger partial charge in [0.15, 0.2) is 5.76 Å². The number of carbonyl (C=O) groups excluding carboxylic acids is 2. The number of amides is 1. The summed E-state index contributed by atoms with van der Waals surface area (Å²) in [6.07, 6.45) is -1.91. The highest BCUT2D eigenvalue weighted by molar-refractivity contribution is 7.12. The van der Waals surface area contributed by atoms with Crippen molar-refractivity contribution in [2.75, 3.05) is 4.90 Å². The minimum Gasteiger partial charge on any atom is -0.503 e. The molecule has 1 aromatic carbocycles. The zero-order valence-corrected chi connectivity index (χ0v) is 16.4. The van der Waals surface area contributed by atoms with Crippen LogP contribution in [0.1, 0.15) is 21.3 Å². The van der Waals surface area contributed by atoms with Crippen LogP contribution in [0.25, 0.3) is 0 Å². The number of Topliss-reactive ketones (excluding diaryl/α,β-unsaturated/α-hetero) is 1. The van der Waals surface area contributed by atoms with E-state index in [9.17, 15) is 27.9 Å². The Morgan fingerprint density at radius 3 is 2.35 bits per heavy atom. The number of carbonyl (C=O) groups is 2. The average molecular weight is 446 g/mol. The maximum absolute atomic E-state index is 13.1. The van der Waals surface area contributed by atoms with Crippen LogP contribution in [-0.4, -0.2) is 28.1 Å². The van der Waals surface area contributed by atoms with Gasteiger partial charge >= 0.3 is 6.36 Å². The highest BCUT2D eigenvalue weighted by atomic mass is 32.1. The van der Waals surface area contributed by atoms with Crippen molar-refractivity contribution in [3.8, 4) is 5.75 Å². The molecule has 10 heteroatoms. The minimum atomic E-state index is -4.86. The Morgan fingerprint density at radius 2 is 1.77 bits per heavy atom. The Kier molecular flexibility index (Phi) is 5.24. The lowest BCUT2D eigenvalue weighted by Crippen LogP contribution is -2.31. The van der Waals surface area contributed by atoms with Crippen LogP contribution >= 0.6 is 11.3 Å². The van der Waals surface area contributed by atoms with Gasteiger partial charge < -0.3 is 9.84 Å². The van der Waals surface area contributed by atoms with E-state index in [2.05, 4.69) is 9.72 Å². The van der Waals surface area contributed by atoms with Crippen molar-refractivity contribution in [2.45, 2.75) is 12.4 Å². The number of ketones is 1. The van der Waals surface area contributed by atoms with E-state index in [0.29, 0.717) is 10.4 Å². The van der Waals surface area contributed by atoms with E-state index in [-0.39, 0.29) is 11.3 Å². The summed E-state index contributed by atoms with van der Waals surface area (Å²) in [5.41, 5.74) is 0.569. The second-order valence-corrected chi connectivity index (χ2v) is 7.42. The van der Waals surface area contributed by atoms with E-state index in [4.69, 9.17) is 0 Å². The number of aliphatic hydroxyl groups is 1. The van der Waals surface area contributed by atoms with Gasteiger partial charge in [0.05, 0.1) is 16.5 Å². The van der Waals surface area contributed by atoms with Gasteiger partial charge in [-0.3, -0.25) is 19.5 Å². The Hall–Kier alpha value is -3.66. The summed E-state index contributed by atoms with van der Waals surface area (Å²) in [6, 6.07) is 10.0. The molecule has 0 saturated heterocycles. The van der Waals surface area contributed by atoms with Crippen LogP contribution in [0.5, 0.6) is 5.75 Å². The van der Waals surface area contributed by atoms with Gasteiger partial charge in [-0.2, -0.15) is 0 Å². The Morgan fingerprint density at radius 1 is 1.10 bits per heavy atom. The Bertz CT molecular complexity index is 1140. The quantitative estimate of drug-likeness (QED) is 0.569. The smallest absolute Gasteiger partial charge is 0.503 e. The van der Waals surface area contributed by atoms with E-state index >= 15 is 0 Å². The Labute approximate surface area is 177 Å². The number of aromatic nitrogens is 1. The number of hydrogen-bond acceptors (Lipinski definition) is 6. The van der Waals surface area contributed by atoms with Crippen LogP contribution in [0.2, 0.25) is 0 Å². The van der Waals surface area contributed by atoms with E-state index < -0.39 is 35.6 Å². The lowest BCUT2D eigenvalue weighted by Gasteiger charge is -2.27. The van der Waals surface area contributed by atoms with Gasteiger partial charge in [-0.1, -0.05) is 6.07 Å². The second kappa shape index (κ2) is 7.88. The molecule has 1 aliphatic heterocycles. The molecule has 0 radical (unpaired) electrons. The summed E-state index contributed by atoms with van der Waals surface area (Å²) in [6.45, 7) is 0. The molecule has 1 atom stereocenters. The lowest BCUT2D eigenvalue weighted by molar-refractivity contribution is -0.274. The number of rotatable bonds is 5. The maximum Gasteiger partial charge on any atom is 0.573 e. The standard InChI is InChI=1S/C21H13F3N2O4S/c22-21(23,24)30-14-5-3-13(4-6-14)26-17(12-7-9-25-10-8-12)16(19(28)20(26)29)18(27)15-2-1-11-31-15/h1-11,17,28H. The Balaban J connectivity index is 1.77. The van der Waals surface area contributed by atoms with Crippen LogP contribution in [0.3, 0.4) is 0 Å². The van der Waals surface area contributed by atoms with Crippen LogP contribution in [0, 0.1) is 0 Å². The monoisotopic (exact) mass is 446 g/mol. The summed E-state index contributed by atoms with van der Waals surface area (Å²) >= 11 is 1.16. The van der Waals surface area contributed by atoms with Crippen molar-refractivity contribution in [1.82, 2.24) is 4.98 Å². The first-order valence-corrected chi connectivity index (χ1v) is 9.75. The highest BCUT2D eigenvalue weighted by Gasteiger charge is 2.45. The normalized spacial score (nSPS) is 16.7. The molecule has 3 aromatic rings. The van der Waals surface area contributed by atoms with Crippen LogP contribution in [0.15, 0.2) is 77.6 Å². The van der Waals surface area contributed by atoms with Crippen molar-refractivity contribution in [1.29, 1.82) is 0 Å². The average Bonchev–Trinajstić information content (AvgIpc) is 3.36. The number of benzene rings is 1. The number of hydrogen-bond donors (Lipinski definition) is 1. The van der Waals surface area contributed by atoms with Crippen LogP contribution in [0.4, 0.5) is 18.9 Å². The summed E-state index contributed by atoms with van der Waals surface area (Å²) in [5.74, 6) is -2.53. The largest absolute Gasteiger partial charge is 0.573 e. The number of nitrogens with zero attached hydrogens (tertiary/aromatic N) is 2. The van der Waals surface area contributed by atoms with E-state index in [1.165, 1.54) is 24.5 Å². The van der Waals surface area contributed by atoms with Gasteiger partial charge in [-0.25, -0.2) is 0 Å². The van der Waals surface area contributed by atoms with E-state index in [1.807, 2.05) is 0 Å². The summed E-state index contributed by atoms with van der Waals surface area (Å²) in [4.78, 5) is 31.4. The first-order valence-electron chi connectivity index (χ1n) is 8.87. The predicted molar refractivity (Wildman–Crippen MR) is 106 cm³/mol. The molecule has 1 amide bonds. The molecule has 0 fully saturated rings. The van der Waals surface area contributed by atoms with Gasteiger partial charge in [0.2, 0.25) is 5.78 Å². The molecular formula is C21H13F3N2O4S. The number of alkyl halides is 3. The molecule has 6 nitrogen and oxygen atoms in total. The molecule has 1 aliphatic rings. The molecule has 0 saturated carbocycles. The topological polar surface area (TPSA) is 79.7 Å². The molecule has 158 valence electrons. The summed E-state index contributed by atoms with van der Waals surface area (Å²) in [7, 11) is 0. The number of anilines is 1. The van der Waals surface area contributed by atoms with Crippen molar-refractivity contribution in [3.05, 3.63) is 88.1 Å². The highest BCUT2D eigenvalue weighted by Crippen LogP contribution is 2.42. The molecule has 3 heterocycles. The molecule has 0 spiro atoms. The lowest BCUT2D eigenvalue weighted by atomic mass is 9.96. The summed E-state index contributed by atoms with van der Waals surface area (Å²) < 4.78 is 41.2. The molecule has 4 rings (SSSR count). The molecule has 0 aliphatic carbocycles. The first-order chi connectivity index (χ1) is 14.8. The summed E-state index contributed by atoms with van der Waals surface area (Å²) in [5, 5.41) is 12.3. The van der Waals surface area contributed by atoms with Crippen molar-refractivity contribution < 1.29 is 32.6 Å². The maximum atomic E-state index is 13.1. The van der Waals surface area contributed by atoms with Gasteiger partial charge in [0, 0.05) is 18.1 Å². The molecule has 31 heavy (non-hydrogen) atoms. The molecule has 0 bridgehead atoms. The van der Waals surface area contributed by atoms with Crippen molar-refractivity contribution >= 4 is 28.7 Å². The van der Waals surface area contributed by atoms with E-state index in [1.54, 1.807) is 29.6 Å². The van der Waals surface area contributed by atoms with Crippen LogP contribution < -0.4 is 9.64 Å². The minimum absolute atomic E-state index is 0.116. The third kappa shape index (κ3) is 4.02. The number of halogens is 3. The van der Waals surface area contributed by atoms with Gasteiger partial charge in [-0.15, -0.1) is 24.5 Å². The first kappa shape index (κ1) is 20.6. The van der Waals surface area contributed by atoms with Gasteiger partial charge in [0.25, 0.3) is 5.91 Å². The van der Waals surface area contributed by atoms with Crippen molar-refractivity contribution in [2.24, 2.45) is 0 Å². The number of ether oxygens (including phenoxy) is 1. The molecular weight excluding hydrogens is 433 g/mol. The fraction of sp³-hybridized carbons (Fsp3) is 0.0952. The molecule has 1 N–H and O–H groups in total. The van der Waals surface area contributed by atoms with Gasteiger partial charge in [0.1, 0.15) is 5.75 Å². The van der Waals surface area contributed by atoms with Crippen molar-refractivity contribution in [3.63, 3.8) is 0 Å². The number of aliphatic hydroxyl groups excluding tert-OH is 1. The zero-order chi connectivity index (χ0) is 22.2. The third-order valence-corrected chi connectivity index (χ3v) is 5.44. The number of pyridine rings is 1. The second-order valence-electron chi connectivity index (χ2n) is 6.47. The molecule has 1 unspecified atom stereocenters. The van der Waals surface area contributed by atoms with Gasteiger partial charge in [-0.05, 0) is 53.4 Å². The fourth-order valence-corrected chi connectivity index (χ4v) is 3.99. The third-order valence-electron chi connectivity index (χ3n) is 4.57. The van der Waals surface area contributed by atoms with Crippen LogP contribution in [-0.2, 0) is 4.79 Å². The SMILES string of the molecule is O=C(C1=C(O)C(=O)N(c2ccc(OC(F)(F)F)cc2)C1c1ccncc1)c1cccs1. The molecule has 2 aromatic heterocycles. The number of thiophene rings is 1. The predicted octanol–water partition coefficient (Wildman–Crippen LogP) is 4.82.